The molecule has 0 bridgehead atoms. The van der Waals surface area contributed by atoms with Gasteiger partial charge in [0, 0.05) is 28.0 Å². The van der Waals surface area contributed by atoms with Crippen LogP contribution in [0.1, 0.15) is 0 Å². The Morgan fingerprint density at radius 2 is 1.77 bits per heavy atom. The van der Waals surface area contributed by atoms with E-state index in [1.807, 2.05) is 18.2 Å². The van der Waals surface area contributed by atoms with Crippen molar-refractivity contribution in [1.29, 1.82) is 0 Å². The molecule has 4 aromatic rings. The van der Waals surface area contributed by atoms with E-state index in [0.717, 1.165) is 5.56 Å². The van der Waals surface area contributed by atoms with Gasteiger partial charge in [0.2, 0.25) is 5.95 Å². The first kappa shape index (κ1) is 16.2. The molecule has 2 aromatic heterocycles. The SMILES string of the molecule is O=c1[nH]c(Nc2ccc(F)cc2)nc2nccc(-c3ccccc3Cl)c12. The van der Waals surface area contributed by atoms with Gasteiger partial charge in [-0.1, -0.05) is 29.8 Å². The van der Waals surface area contributed by atoms with Crippen molar-refractivity contribution in [2.75, 3.05) is 5.32 Å². The maximum Gasteiger partial charge on any atom is 0.262 e. The summed E-state index contributed by atoms with van der Waals surface area (Å²) in [5, 5.41) is 3.82. The van der Waals surface area contributed by atoms with Gasteiger partial charge in [-0.15, -0.1) is 0 Å². The predicted octanol–water partition coefficient (Wildman–Crippen LogP) is 4.52. The van der Waals surface area contributed by atoms with Crippen LogP contribution in [-0.2, 0) is 0 Å². The van der Waals surface area contributed by atoms with Gasteiger partial charge < -0.3 is 5.32 Å². The van der Waals surface area contributed by atoms with E-state index in [9.17, 15) is 9.18 Å². The first-order valence-corrected chi connectivity index (χ1v) is 8.16. The minimum atomic E-state index is -0.346. The number of hydrogen-bond acceptors (Lipinski definition) is 4. The van der Waals surface area contributed by atoms with Gasteiger partial charge in [-0.3, -0.25) is 9.78 Å². The molecule has 0 radical (unpaired) electrons. The molecule has 0 saturated heterocycles. The van der Waals surface area contributed by atoms with E-state index in [4.69, 9.17) is 11.6 Å². The van der Waals surface area contributed by atoms with Crippen LogP contribution in [0, 0.1) is 5.82 Å². The molecule has 2 N–H and O–H groups in total. The zero-order chi connectivity index (χ0) is 18.1. The van der Waals surface area contributed by atoms with Crippen LogP contribution in [0.25, 0.3) is 22.2 Å². The van der Waals surface area contributed by atoms with Crippen LogP contribution in [0.15, 0.2) is 65.6 Å². The molecule has 0 amide bonds. The second kappa shape index (κ2) is 6.57. The van der Waals surface area contributed by atoms with E-state index in [1.54, 1.807) is 30.5 Å². The van der Waals surface area contributed by atoms with Gasteiger partial charge in [-0.2, -0.15) is 4.98 Å². The Hall–Kier alpha value is -3.25. The van der Waals surface area contributed by atoms with Crippen molar-refractivity contribution in [1.82, 2.24) is 15.0 Å². The number of nitrogens with one attached hydrogen (secondary N) is 2. The molecular weight excluding hydrogens is 355 g/mol. The second-order valence-electron chi connectivity index (χ2n) is 5.58. The smallest absolute Gasteiger partial charge is 0.262 e. The topological polar surface area (TPSA) is 70.7 Å². The number of hydrogen-bond donors (Lipinski definition) is 2. The maximum absolute atomic E-state index is 13.0. The lowest BCUT2D eigenvalue weighted by atomic mass is 10.0. The number of aromatic nitrogens is 3. The molecule has 0 aliphatic carbocycles. The normalized spacial score (nSPS) is 10.8. The summed E-state index contributed by atoms with van der Waals surface area (Å²) in [4.78, 5) is 23.9. The molecule has 0 unspecified atom stereocenters. The fourth-order valence-corrected chi connectivity index (χ4v) is 2.93. The van der Waals surface area contributed by atoms with Gasteiger partial charge in [0.15, 0.2) is 5.65 Å². The first-order valence-electron chi connectivity index (χ1n) is 7.78. The maximum atomic E-state index is 13.0. The number of rotatable bonds is 3. The Bertz CT molecular complexity index is 1160. The average molecular weight is 367 g/mol. The summed E-state index contributed by atoms with van der Waals surface area (Å²) in [7, 11) is 0. The molecular formula is C19H12ClFN4O. The van der Waals surface area contributed by atoms with Gasteiger partial charge >= 0.3 is 0 Å². The third-order valence-electron chi connectivity index (χ3n) is 3.88. The summed E-state index contributed by atoms with van der Waals surface area (Å²) >= 11 is 6.27. The van der Waals surface area contributed by atoms with Gasteiger partial charge in [-0.05, 0) is 36.4 Å². The number of aromatic amines is 1. The largest absolute Gasteiger partial charge is 0.326 e. The highest BCUT2D eigenvalue weighted by molar-refractivity contribution is 6.33. The summed E-state index contributed by atoms with van der Waals surface area (Å²) < 4.78 is 13.0. The number of benzene rings is 2. The molecule has 0 aliphatic heterocycles. The van der Waals surface area contributed by atoms with Crippen LogP contribution in [0.5, 0.6) is 0 Å². The summed E-state index contributed by atoms with van der Waals surface area (Å²) in [6, 6.07) is 14.7. The van der Waals surface area contributed by atoms with Crippen molar-refractivity contribution in [3.63, 3.8) is 0 Å². The van der Waals surface area contributed by atoms with Crippen molar-refractivity contribution < 1.29 is 4.39 Å². The van der Waals surface area contributed by atoms with Crippen molar-refractivity contribution in [2.45, 2.75) is 0 Å². The summed E-state index contributed by atoms with van der Waals surface area (Å²) in [6.45, 7) is 0. The van der Waals surface area contributed by atoms with Crippen LogP contribution in [-0.4, -0.2) is 15.0 Å². The van der Waals surface area contributed by atoms with E-state index in [-0.39, 0.29) is 23.0 Å². The Labute approximate surface area is 152 Å². The lowest BCUT2D eigenvalue weighted by molar-refractivity contribution is 0.628. The van der Waals surface area contributed by atoms with E-state index in [1.165, 1.54) is 12.1 Å². The van der Waals surface area contributed by atoms with Gasteiger partial charge in [-0.25, -0.2) is 9.37 Å². The van der Waals surface area contributed by atoms with Crippen LogP contribution in [0.2, 0.25) is 5.02 Å². The summed E-state index contributed by atoms with van der Waals surface area (Å²) in [5.74, 6) is -0.125. The number of nitrogens with zero attached hydrogens (tertiary/aromatic N) is 2. The van der Waals surface area contributed by atoms with E-state index in [2.05, 4.69) is 20.3 Å². The number of halogens is 2. The lowest BCUT2D eigenvalue weighted by Gasteiger charge is -2.09. The molecule has 0 spiro atoms. The highest BCUT2D eigenvalue weighted by Crippen LogP contribution is 2.30. The van der Waals surface area contributed by atoms with E-state index >= 15 is 0 Å². The first-order chi connectivity index (χ1) is 12.6. The third-order valence-corrected chi connectivity index (χ3v) is 4.21. The van der Waals surface area contributed by atoms with Gasteiger partial charge in [0.25, 0.3) is 5.56 Å². The number of pyridine rings is 1. The molecule has 2 heterocycles. The summed E-state index contributed by atoms with van der Waals surface area (Å²) in [5.41, 5.74) is 1.92. The summed E-state index contributed by atoms with van der Waals surface area (Å²) in [6.07, 6.45) is 1.58. The van der Waals surface area contributed by atoms with E-state index in [0.29, 0.717) is 21.7 Å². The Morgan fingerprint density at radius 3 is 2.54 bits per heavy atom. The fraction of sp³-hybridized carbons (Fsp3) is 0. The minimum absolute atomic E-state index is 0.220. The van der Waals surface area contributed by atoms with Crippen molar-refractivity contribution in [2.24, 2.45) is 0 Å². The zero-order valence-corrected chi connectivity index (χ0v) is 14.1. The molecule has 26 heavy (non-hydrogen) atoms. The third kappa shape index (κ3) is 3.02. The average Bonchev–Trinajstić information content (AvgIpc) is 2.63. The second-order valence-corrected chi connectivity index (χ2v) is 5.99. The van der Waals surface area contributed by atoms with Gasteiger partial charge in [0.1, 0.15) is 5.82 Å². The molecule has 0 aliphatic rings. The monoisotopic (exact) mass is 366 g/mol. The van der Waals surface area contributed by atoms with Crippen LogP contribution in [0.4, 0.5) is 16.0 Å². The number of anilines is 2. The molecule has 5 nitrogen and oxygen atoms in total. The standard InChI is InChI=1S/C19H12ClFN4O/c20-15-4-2-1-3-13(15)14-9-10-22-17-16(14)18(26)25-19(24-17)23-12-7-5-11(21)6-8-12/h1-10H,(H2,22,23,24,25,26). The van der Waals surface area contributed by atoms with Crippen molar-refractivity contribution in [3.05, 3.63) is 82.0 Å². The van der Waals surface area contributed by atoms with Crippen LogP contribution >= 0.6 is 11.6 Å². The Balaban J connectivity index is 1.83. The minimum Gasteiger partial charge on any atom is -0.326 e. The molecule has 0 fully saturated rings. The predicted molar refractivity (Wildman–Crippen MR) is 100 cm³/mol. The van der Waals surface area contributed by atoms with E-state index < -0.39 is 0 Å². The number of fused-ring (bicyclic) bond motifs is 1. The Kier molecular flexibility index (Phi) is 4.10. The highest BCUT2D eigenvalue weighted by atomic mass is 35.5. The molecule has 0 saturated carbocycles. The molecule has 4 rings (SSSR count). The van der Waals surface area contributed by atoms with Gasteiger partial charge in [0.05, 0.1) is 5.39 Å². The van der Waals surface area contributed by atoms with Crippen molar-refractivity contribution in [3.8, 4) is 11.1 Å². The molecule has 7 heteroatoms. The molecule has 0 atom stereocenters. The van der Waals surface area contributed by atoms with Crippen molar-refractivity contribution >= 4 is 34.3 Å². The molecule has 2 aromatic carbocycles. The van der Waals surface area contributed by atoms with Crippen LogP contribution in [0.3, 0.4) is 0 Å². The van der Waals surface area contributed by atoms with Crippen LogP contribution < -0.4 is 10.9 Å². The fourth-order valence-electron chi connectivity index (χ4n) is 2.70. The number of H-pyrrole nitrogens is 1. The molecule has 128 valence electrons. The lowest BCUT2D eigenvalue weighted by Crippen LogP contribution is -2.13. The quantitative estimate of drug-likeness (QED) is 0.559. The Morgan fingerprint density at radius 1 is 1.00 bits per heavy atom. The zero-order valence-electron chi connectivity index (χ0n) is 13.3. The highest BCUT2D eigenvalue weighted by Gasteiger charge is 2.13.